The number of unbranched alkanes of at least 4 members (excludes halogenated alkanes) is 1. The molecule has 0 spiro atoms. The van der Waals surface area contributed by atoms with Crippen molar-refractivity contribution in [3.8, 4) is 0 Å². The summed E-state index contributed by atoms with van der Waals surface area (Å²) in [6.45, 7) is 4.19. The molecule has 1 aromatic rings. The van der Waals surface area contributed by atoms with E-state index in [2.05, 4.69) is 4.72 Å². The van der Waals surface area contributed by atoms with Crippen LogP contribution in [-0.2, 0) is 14.8 Å². The second-order valence-electron chi connectivity index (χ2n) is 6.20. The lowest BCUT2D eigenvalue weighted by molar-refractivity contribution is 0.0557. The van der Waals surface area contributed by atoms with E-state index in [1.807, 2.05) is 6.92 Å². The molecule has 0 aliphatic carbocycles. The van der Waals surface area contributed by atoms with E-state index in [1.54, 1.807) is 34.1 Å². The second kappa shape index (κ2) is 8.88. The topological polar surface area (TPSA) is 96.0 Å². The Hall–Kier alpha value is -2.29. The number of carbonyl (C=O) groups excluding carboxylic acids is 2. The number of sulfonamides is 1. The molecule has 26 heavy (non-hydrogen) atoms. The normalized spacial score (nSPS) is 14.8. The van der Waals surface area contributed by atoms with Crippen LogP contribution in [0.4, 0.5) is 10.5 Å². The minimum absolute atomic E-state index is 0.144. The van der Waals surface area contributed by atoms with Crippen LogP contribution in [0.5, 0.6) is 0 Å². The maximum Gasteiger partial charge on any atom is 0.409 e. The molecule has 1 heterocycles. The molecule has 1 fully saturated rings. The number of hydrogen-bond donors (Lipinski definition) is 1. The van der Waals surface area contributed by atoms with Gasteiger partial charge in [0.1, 0.15) is 0 Å². The van der Waals surface area contributed by atoms with Gasteiger partial charge in [-0.1, -0.05) is 13.3 Å². The van der Waals surface area contributed by atoms with E-state index in [1.165, 1.54) is 0 Å². The van der Waals surface area contributed by atoms with E-state index in [0.29, 0.717) is 44.0 Å². The maximum atomic E-state index is 12.5. The summed E-state index contributed by atoms with van der Waals surface area (Å²) < 4.78 is 30.0. The number of nitrogens with one attached hydrogen (secondary N) is 1. The van der Waals surface area contributed by atoms with Crippen molar-refractivity contribution in [2.45, 2.75) is 19.8 Å². The standard InChI is InChI=1S/C17H25N3O5S/c1-3-4-13-25-17(22)20-11-9-19(10-12-20)16(21)14-5-7-15(8-6-14)18-26(2,23)24/h5-8,18H,3-4,9-13H2,1-2H3. The van der Waals surface area contributed by atoms with Crippen molar-refractivity contribution in [1.29, 1.82) is 0 Å². The van der Waals surface area contributed by atoms with Crippen molar-refractivity contribution in [2.24, 2.45) is 0 Å². The van der Waals surface area contributed by atoms with Crippen LogP contribution in [0.25, 0.3) is 0 Å². The van der Waals surface area contributed by atoms with E-state index in [4.69, 9.17) is 4.74 Å². The Bertz CT molecular complexity index is 725. The number of nitrogens with zero attached hydrogens (tertiary/aromatic N) is 2. The fourth-order valence-electron chi connectivity index (χ4n) is 2.56. The molecule has 0 aromatic heterocycles. The van der Waals surface area contributed by atoms with Crippen LogP contribution in [0.2, 0.25) is 0 Å². The van der Waals surface area contributed by atoms with E-state index in [9.17, 15) is 18.0 Å². The lowest BCUT2D eigenvalue weighted by Crippen LogP contribution is -2.50. The molecule has 0 atom stereocenters. The first-order valence-electron chi connectivity index (χ1n) is 8.59. The number of rotatable bonds is 6. The third-order valence-corrected chi connectivity index (χ3v) is 4.59. The van der Waals surface area contributed by atoms with E-state index in [0.717, 1.165) is 19.1 Å². The molecule has 0 radical (unpaired) electrons. The molecule has 9 heteroatoms. The van der Waals surface area contributed by atoms with Crippen molar-refractivity contribution in [3.63, 3.8) is 0 Å². The SMILES string of the molecule is CCCCOC(=O)N1CCN(C(=O)c2ccc(NS(C)(=O)=O)cc2)CC1. The minimum Gasteiger partial charge on any atom is -0.449 e. The molecule has 1 aliphatic heterocycles. The number of benzene rings is 1. The summed E-state index contributed by atoms with van der Waals surface area (Å²) in [5.41, 5.74) is 0.881. The molecular weight excluding hydrogens is 358 g/mol. The van der Waals surface area contributed by atoms with Gasteiger partial charge in [0.25, 0.3) is 5.91 Å². The Labute approximate surface area is 154 Å². The van der Waals surface area contributed by atoms with Gasteiger partial charge in [0, 0.05) is 37.4 Å². The Morgan fingerprint density at radius 2 is 1.65 bits per heavy atom. The van der Waals surface area contributed by atoms with Crippen LogP contribution in [0.1, 0.15) is 30.1 Å². The number of carbonyl (C=O) groups is 2. The molecule has 2 amide bonds. The number of anilines is 1. The van der Waals surface area contributed by atoms with Crippen LogP contribution < -0.4 is 4.72 Å². The molecule has 144 valence electrons. The van der Waals surface area contributed by atoms with Gasteiger partial charge in [0.15, 0.2) is 0 Å². The zero-order valence-corrected chi connectivity index (χ0v) is 15.9. The summed E-state index contributed by atoms with van der Waals surface area (Å²) in [4.78, 5) is 27.7. The highest BCUT2D eigenvalue weighted by atomic mass is 32.2. The summed E-state index contributed by atoms with van der Waals surface area (Å²) in [6, 6.07) is 6.27. The van der Waals surface area contributed by atoms with Crippen molar-refractivity contribution < 1.29 is 22.7 Å². The molecule has 0 unspecified atom stereocenters. The highest BCUT2D eigenvalue weighted by molar-refractivity contribution is 7.92. The molecule has 1 N–H and O–H groups in total. The first-order valence-corrected chi connectivity index (χ1v) is 10.5. The Balaban J connectivity index is 1.87. The first kappa shape index (κ1) is 20.0. The Morgan fingerprint density at radius 3 is 2.19 bits per heavy atom. The lowest BCUT2D eigenvalue weighted by atomic mass is 10.1. The van der Waals surface area contributed by atoms with Crippen LogP contribution in [0.15, 0.2) is 24.3 Å². The molecule has 1 aromatic carbocycles. The number of amides is 2. The monoisotopic (exact) mass is 383 g/mol. The predicted octanol–water partition coefficient (Wildman–Crippen LogP) is 1.75. The van der Waals surface area contributed by atoms with Crippen LogP contribution in [0, 0.1) is 0 Å². The quantitative estimate of drug-likeness (QED) is 0.755. The number of hydrogen-bond acceptors (Lipinski definition) is 5. The van der Waals surface area contributed by atoms with Gasteiger partial charge in [-0.05, 0) is 30.7 Å². The van der Waals surface area contributed by atoms with Gasteiger partial charge in [-0.15, -0.1) is 0 Å². The summed E-state index contributed by atoms with van der Waals surface area (Å²) in [7, 11) is -3.35. The average molecular weight is 383 g/mol. The minimum atomic E-state index is -3.35. The van der Waals surface area contributed by atoms with Crippen molar-refractivity contribution in [3.05, 3.63) is 29.8 Å². The summed E-state index contributed by atoms with van der Waals surface area (Å²) in [6.07, 6.45) is 2.54. The van der Waals surface area contributed by atoms with Gasteiger partial charge in [-0.2, -0.15) is 0 Å². The second-order valence-corrected chi connectivity index (χ2v) is 7.95. The molecule has 0 saturated carbocycles. The van der Waals surface area contributed by atoms with E-state index >= 15 is 0 Å². The van der Waals surface area contributed by atoms with Crippen LogP contribution in [0.3, 0.4) is 0 Å². The van der Waals surface area contributed by atoms with Gasteiger partial charge in [-0.25, -0.2) is 13.2 Å². The summed E-state index contributed by atoms with van der Waals surface area (Å²) >= 11 is 0. The molecule has 1 saturated heterocycles. The maximum absolute atomic E-state index is 12.5. The van der Waals surface area contributed by atoms with Crippen molar-refractivity contribution >= 4 is 27.7 Å². The largest absolute Gasteiger partial charge is 0.449 e. The van der Waals surface area contributed by atoms with Gasteiger partial charge < -0.3 is 14.5 Å². The van der Waals surface area contributed by atoms with Gasteiger partial charge in [-0.3, -0.25) is 9.52 Å². The fraction of sp³-hybridized carbons (Fsp3) is 0.529. The lowest BCUT2D eigenvalue weighted by Gasteiger charge is -2.34. The zero-order chi connectivity index (χ0) is 19.2. The van der Waals surface area contributed by atoms with Gasteiger partial charge >= 0.3 is 6.09 Å². The smallest absolute Gasteiger partial charge is 0.409 e. The van der Waals surface area contributed by atoms with Gasteiger partial charge in [0.2, 0.25) is 10.0 Å². The highest BCUT2D eigenvalue weighted by Crippen LogP contribution is 2.14. The van der Waals surface area contributed by atoms with E-state index in [-0.39, 0.29) is 12.0 Å². The molecular formula is C17H25N3O5S. The first-order chi connectivity index (χ1) is 12.3. The molecule has 2 rings (SSSR count). The predicted molar refractivity (Wildman–Crippen MR) is 98.6 cm³/mol. The number of piperazine rings is 1. The molecule has 8 nitrogen and oxygen atoms in total. The fourth-order valence-corrected chi connectivity index (χ4v) is 3.13. The Kier molecular flexibility index (Phi) is 6.84. The molecule has 1 aliphatic rings. The Morgan fingerprint density at radius 1 is 1.08 bits per heavy atom. The molecule has 0 bridgehead atoms. The van der Waals surface area contributed by atoms with Crippen LogP contribution in [-0.4, -0.2) is 69.3 Å². The average Bonchev–Trinajstić information content (AvgIpc) is 2.61. The highest BCUT2D eigenvalue weighted by Gasteiger charge is 2.25. The number of ether oxygens (including phenoxy) is 1. The van der Waals surface area contributed by atoms with E-state index < -0.39 is 10.0 Å². The third-order valence-electron chi connectivity index (χ3n) is 3.98. The van der Waals surface area contributed by atoms with Crippen molar-refractivity contribution in [2.75, 3.05) is 43.8 Å². The van der Waals surface area contributed by atoms with Gasteiger partial charge in [0.05, 0.1) is 12.9 Å². The summed E-state index contributed by atoms with van der Waals surface area (Å²) in [5, 5.41) is 0. The zero-order valence-electron chi connectivity index (χ0n) is 15.1. The summed E-state index contributed by atoms with van der Waals surface area (Å²) in [5.74, 6) is -0.144. The third kappa shape index (κ3) is 5.91. The van der Waals surface area contributed by atoms with Crippen LogP contribution >= 0.6 is 0 Å². The van der Waals surface area contributed by atoms with Crippen molar-refractivity contribution in [1.82, 2.24) is 9.80 Å².